The molecule has 3 rings (SSSR count). The Kier molecular flexibility index (Phi) is 5.93. The molecule has 30 heavy (non-hydrogen) atoms. The Morgan fingerprint density at radius 3 is 2.43 bits per heavy atom. The molecule has 1 fully saturated rings. The van der Waals surface area contributed by atoms with Crippen LogP contribution in [-0.2, 0) is 17.9 Å². The average Bonchev–Trinajstić information content (AvgIpc) is 2.70. The van der Waals surface area contributed by atoms with E-state index in [0.717, 1.165) is 10.1 Å². The summed E-state index contributed by atoms with van der Waals surface area (Å²) >= 11 is 0. The van der Waals surface area contributed by atoms with Crippen molar-refractivity contribution >= 4 is 17.5 Å². The van der Waals surface area contributed by atoms with Crippen molar-refractivity contribution in [3.05, 3.63) is 62.3 Å². The van der Waals surface area contributed by atoms with Gasteiger partial charge in [-0.15, -0.1) is 0 Å². The van der Waals surface area contributed by atoms with Crippen LogP contribution in [0.25, 0.3) is 0 Å². The Hall–Kier alpha value is -3.20. The van der Waals surface area contributed by atoms with Crippen LogP contribution in [-0.4, -0.2) is 50.9 Å². The van der Waals surface area contributed by atoms with Crippen molar-refractivity contribution in [3.8, 4) is 0 Å². The highest BCUT2D eigenvalue weighted by molar-refractivity contribution is 6.01. The van der Waals surface area contributed by atoms with Gasteiger partial charge in [0.15, 0.2) is 5.78 Å². The number of rotatable bonds is 6. The summed E-state index contributed by atoms with van der Waals surface area (Å²) < 4.78 is 2.27. The van der Waals surface area contributed by atoms with Crippen molar-refractivity contribution in [3.63, 3.8) is 0 Å². The van der Waals surface area contributed by atoms with Crippen molar-refractivity contribution < 1.29 is 9.59 Å². The van der Waals surface area contributed by atoms with Gasteiger partial charge in [0.05, 0.1) is 18.6 Å². The molecule has 0 bridgehead atoms. The number of ketones is 1. The van der Waals surface area contributed by atoms with Gasteiger partial charge in [-0.05, 0) is 26.3 Å². The SMILES string of the molecule is CCn1c(=O)c(C(=O)CN2CCNC(=O)C2(C)C)c(N)n(Cc2ccccc2)c1=O. The number of benzene rings is 1. The highest BCUT2D eigenvalue weighted by atomic mass is 16.2. The lowest BCUT2D eigenvalue weighted by molar-refractivity contribution is -0.134. The average molecular weight is 413 g/mol. The molecule has 2 heterocycles. The molecule has 0 radical (unpaired) electrons. The lowest BCUT2D eigenvalue weighted by atomic mass is 9.98. The Labute approximate surface area is 174 Å². The van der Waals surface area contributed by atoms with Gasteiger partial charge in [-0.25, -0.2) is 4.79 Å². The number of nitrogens with zero attached hydrogens (tertiary/aromatic N) is 3. The minimum atomic E-state index is -0.898. The Morgan fingerprint density at radius 1 is 1.13 bits per heavy atom. The lowest BCUT2D eigenvalue weighted by Gasteiger charge is -2.40. The predicted molar refractivity (Wildman–Crippen MR) is 114 cm³/mol. The number of piperazine rings is 1. The summed E-state index contributed by atoms with van der Waals surface area (Å²) in [6, 6.07) is 9.20. The third kappa shape index (κ3) is 3.80. The number of Topliss-reactive ketones (excluding diaryl/α,β-unsaturated/α-hetero) is 1. The first kappa shape index (κ1) is 21.5. The minimum absolute atomic E-state index is 0.116. The molecule has 1 saturated heterocycles. The maximum absolute atomic E-state index is 13.2. The second-order valence-corrected chi connectivity index (χ2v) is 7.82. The number of hydrogen-bond donors (Lipinski definition) is 2. The Bertz CT molecular complexity index is 1090. The zero-order valence-electron chi connectivity index (χ0n) is 17.5. The molecule has 0 aliphatic carbocycles. The van der Waals surface area contributed by atoms with E-state index in [1.165, 1.54) is 4.57 Å². The fraction of sp³-hybridized carbons (Fsp3) is 0.429. The summed E-state index contributed by atoms with van der Waals surface area (Å²) in [6.45, 7) is 6.10. The molecule has 0 spiro atoms. The summed E-state index contributed by atoms with van der Waals surface area (Å²) in [5, 5.41) is 2.77. The molecule has 0 saturated carbocycles. The van der Waals surface area contributed by atoms with Crippen LogP contribution in [0.15, 0.2) is 39.9 Å². The molecule has 1 aromatic carbocycles. The topological polar surface area (TPSA) is 119 Å². The number of nitrogens with two attached hydrogens (primary N) is 1. The van der Waals surface area contributed by atoms with Gasteiger partial charge in [0.2, 0.25) is 5.91 Å². The quantitative estimate of drug-likeness (QED) is 0.646. The number of aromatic nitrogens is 2. The minimum Gasteiger partial charge on any atom is -0.384 e. The van der Waals surface area contributed by atoms with Gasteiger partial charge in [-0.1, -0.05) is 30.3 Å². The van der Waals surface area contributed by atoms with Gasteiger partial charge in [0, 0.05) is 19.6 Å². The van der Waals surface area contributed by atoms with Gasteiger partial charge in [-0.2, -0.15) is 0 Å². The molecular formula is C21H27N5O4. The third-order valence-electron chi connectivity index (χ3n) is 5.59. The van der Waals surface area contributed by atoms with Crippen LogP contribution in [0.4, 0.5) is 5.82 Å². The lowest BCUT2D eigenvalue weighted by Crippen LogP contribution is -2.62. The Balaban J connectivity index is 2.04. The molecule has 1 aliphatic heterocycles. The summed E-state index contributed by atoms with van der Waals surface area (Å²) in [5.74, 6) is -0.846. The van der Waals surface area contributed by atoms with Gasteiger partial charge >= 0.3 is 5.69 Å². The molecule has 1 aromatic heterocycles. The summed E-state index contributed by atoms with van der Waals surface area (Å²) in [4.78, 5) is 52.8. The van der Waals surface area contributed by atoms with E-state index in [0.29, 0.717) is 13.1 Å². The third-order valence-corrected chi connectivity index (χ3v) is 5.59. The van der Waals surface area contributed by atoms with Crippen molar-refractivity contribution in [2.24, 2.45) is 0 Å². The first-order chi connectivity index (χ1) is 14.2. The molecular weight excluding hydrogens is 386 g/mol. The number of anilines is 1. The van der Waals surface area contributed by atoms with Crippen LogP contribution in [0.2, 0.25) is 0 Å². The molecule has 1 aliphatic rings. The fourth-order valence-corrected chi connectivity index (χ4v) is 3.65. The summed E-state index contributed by atoms with van der Waals surface area (Å²) in [7, 11) is 0. The maximum atomic E-state index is 13.2. The number of nitrogens with one attached hydrogen (secondary N) is 1. The van der Waals surface area contributed by atoms with Crippen LogP contribution in [0, 0.1) is 0 Å². The van der Waals surface area contributed by atoms with Crippen LogP contribution in [0.5, 0.6) is 0 Å². The number of nitrogen functional groups attached to an aromatic ring is 1. The van der Waals surface area contributed by atoms with Gasteiger partial charge < -0.3 is 11.1 Å². The first-order valence-corrected chi connectivity index (χ1v) is 9.92. The van der Waals surface area contributed by atoms with Crippen LogP contribution in [0.3, 0.4) is 0 Å². The smallest absolute Gasteiger partial charge is 0.332 e. The highest BCUT2D eigenvalue weighted by Crippen LogP contribution is 2.19. The fourth-order valence-electron chi connectivity index (χ4n) is 3.65. The number of carbonyl (C=O) groups excluding carboxylic acids is 2. The van der Waals surface area contributed by atoms with Crippen LogP contribution < -0.4 is 22.3 Å². The van der Waals surface area contributed by atoms with E-state index in [2.05, 4.69) is 5.32 Å². The monoisotopic (exact) mass is 413 g/mol. The number of carbonyl (C=O) groups is 2. The van der Waals surface area contributed by atoms with E-state index < -0.39 is 22.6 Å². The second-order valence-electron chi connectivity index (χ2n) is 7.82. The standard InChI is InChI=1S/C21H27N5O4/c1-4-25-18(28)16(15(27)13-24-11-10-23-19(29)21(24,2)3)17(22)26(20(25)30)12-14-8-6-5-7-9-14/h5-9H,4,10-13,22H2,1-3H3,(H,23,29). The van der Waals surface area contributed by atoms with E-state index >= 15 is 0 Å². The van der Waals surface area contributed by atoms with Gasteiger partial charge in [0.1, 0.15) is 11.4 Å². The Morgan fingerprint density at radius 2 is 1.80 bits per heavy atom. The van der Waals surface area contributed by atoms with E-state index in [1.54, 1.807) is 25.7 Å². The summed E-state index contributed by atoms with van der Waals surface area (Å²) in [5.41, 5.74) is 4.64. The molecule has 3 N–H and O–H groups in total. The van der Waals surface area contributed by atoms with Gasteiger partial charge in [0.25, 0.3) is 5.56 Å². The molecule has 9 nitrogen and oxygen atoms in total. The van der Waals surface area contributed by atoms with Crippen molar-refractivity contribution in [2.75, 3.05) is 25.4 Å². The van der Waals surface area contributed by atoms with Gasteiger partial charge in [-0.3, -0.25) is 28.4 Å². The normalized spacial score (nSPS) is 16.3. The zero-order chi connectivity index (χ0) is 22.1. The number of hydrogen-bond acceptors (Lipinski definition) is 6. The van der Waals surface area contributed by atoms with E-state index in [1.807, 2.05) is 30.3 Å². The van der Waals surface area contributed by atoms with E-state index in [9.17, 15) is 19.2 Å². The molecule has 0 atom stereocenters. The second kappa shape index (κ2) is 8.27. The van der Waals surface area contributed by atoms with E-state index in [4.69, 9.17) is 5.73 Å². The molecule has 2 aromatic rings. The number of amides is 1. The molecule has 0 unspecified atom stereocenters. The predicted octanol–water partition coefficient (Wildman–Crippen LogP) is 0.0535. The van der Waals surface area contributed by atoms with Crippen molar-refractivity contribution in [1.82, 2.24) is 19.4 Å². The highest BCUT2D eigenvalue weighted by Gasteiger charge is 2.39. The van der Waals surface area contributed by atoms with Crippen molar-refractivity contribution in [2.45, 2.75) is 39.4 Å². The largest absolute Gasteiger partial charge is 0.384 e. The molecule has 160 valence electrons. The zero-order valence-corrected chi connectivity index (χ0v) is 17.5. The molecule has 9 heteroatoms. The maximum Gasteiger partial charge on any atom is 0.332 e. The summed E-state index contributed by atoms with van der Waals surface area (Å²) in [6.07, 6.45) is 0. The van der Waals surface area contributed by atoms with E-state index in [-0.39, 0.29) is 36.9 Å². The van der Waals surface area contributed by atoms with Crippen LogP contribution in [0.1, 0.15) is 36.7 Å². The molecule has 1 amide bonds. The first-order valence-electron chi connectivity index (χ1n) is 9.92. The van der Waals surface area contributed by atoms with Crippen LogP contribution >= 0.6 is 0 Å². The van der Waals surface area contributed by atoms with Crippen molar-refractivity contribution in [1.29, 1.82) is 0 Å².